The largest absolute Gasteiger partial charge is 0.399 e. The predicted octanol–water partition coefficient (Wildman–Crippen LogP) is 2.07. The monoisotopic (exact) mass is 313 g/mol. The van der Waals surface area contributed by atoms with Crippen molar-refractivity contribution in [3.63, 3.8) is 0 Å². The number of nitrogens with one attached hydrogen (secondary N) is 1. The number of amides is 2. The first kappa shape index (κ1) is 19.2. The molecule has 0 spiro atoms. The first-order valence-corrected chi connectivity index (χ1v) is 7.00. The molecule has 0 aliphatic carbocycles. The number of anilines is 1. The fraction of sp³-hybridized carbons (Fsp3) is 0.467. The smallest absolute Gasteiger partial charge is 0.251 e. The van der Waals surface area contributed by atoms with E-state index in [0.29, 0.717) is 30.6 Å². The molecule has 0 unspecified atom stereocenters. The molecule has 21 heavy (non-hydrogen) atoms. The van der Waals surface area contributed by atoms with E-state index in [1.807, 2.05) is 13.8 Å². The number of carbonyl (C=O) groups excluding carboxylic acids is 2. The van der Waals surface area contributed by atoms with Gasteiger partial charge in [-0.3, -0.25) is 9.59 Å². The van der Waals surface area contributed by atoms with Crippen molar-refractivity contribution in [3.05, 3.63) is 29.8 Å². The van der Waals surface area contributed by atoms with Crippen molar-refractivity contribution in [1.29, 1.82) is 0 Å². The molecule has 118 valence electrons. The number of benzene rings is 1. The minimum Gasteiger partial charge on any atom is -0.399 e. The maximum Gasteiger partial charge on any atom is 0.251 e. The van der Waals surface area contributed by atoms with Crippen LogP contribution in [0, 0.1) is 0 Å². The Morgan fingerprint density at radius 3 is 2.24 bits per heavy atom. The standard InChI is InChI=1S/C15H23N3O2.ClH/c1-3-18(4-2)14(19)6-5-11-17-15(20)12-7-9-13(16)10-8-12;/h7-10H,3-6,11,16H2,1-2H3,(H,17,20);1H. The molecular formula is C15H24ClN3O2. The summed E-state index contributed by atoms with van der Waals surface area (Å²) in [5.41, 5.74) is 6.77. The maximum atomic E-state index is 11.8. The van der Waals surface area contributed by atoms with Crippen LogP contribution in [0.2, 0.25) is 0 Å². The molecule has 0 saturated carbocycles. The first-order chi connectivity index (χ1) is 9.58. The predicted molar refractivity (Wildman–Crippen MR) is 87.6 cm³/mol. The Labute approximate surface area is 132 Å². The summed E-state index contributed by atoms with van der Waals surface area (Å²) in [4.78, 5) is 25.3. The van der Waals surface area contributed by atoms with E-state index in [2.05, 4.69) is 5.32 Å². The summed E-state index contributed by atoms with van der Waals surface area (Å²) in [5, 5.41) is 2.80. The second-order valence-corrected chi connectivity index (χ2v) is 4.55. The highest BCUT2D eigenvalue weighted by molar-refractivity contribution is 5.94. The van der Waals surface area contributed by atoms with Gasteiger partial charge in [0.2, 0.25) is 5.91 Å². The van der Waals surface area contributed by atoms with E-state index in [-0.39, 0.29) is 24.2 Å². The summed E-state index contributed by atoms with van der Waals surface area (Å²) >= 11 is 0. The van der Waals surface area contributed by atoms with Crippen molar-refractivity contribution in [2.24, 2.45) is 0 Å². The molecule has 0 aliphatic heterocycles. The Hall–Kier alpha value is -1.75. The lowest BCUT2D eigenvalue weighted by Crippen LogP contribution is -2.31. The Kier molecular flexibility index (Phi) is 9.21. The summed E-state index contributed by atoms with van der Waals surface area (Å²) in [7, 11) is 0. The minimum atomic E-state index is -0.139. The summed E-state index contributed by atoms with van der Waals surface area (Å²) in [6.45, 7) is 5.88. The number of rotatable bonds is 7. The van der Waals surface area contributed by atoms with E-state index < -0.39 is 0 Å². The lowest BCUT2D eigenvalue weighted by molar-refractivity contribution is -0.130. The normalized spacial score (nSPS) is 9.62. The van der Waals surface area contributed by atoms with Crippen molar-refractivity contribution in [1.82, 2.24) is 10.2 Å². The van der Waals surface area contributed by atoms with E-state index in [1.165, 1.54) is 0 Å². The Bertz CT molecular complexity index is 445. The molecule has 0 bridgehead atoms. The summed E-state index contributed by atoms with van der Waals surface area (Å²) < 4.78 is 0. The molecular weight excluding hydrogens is 290 g/mol. The van der Waals surface area contributed by atoms with Gasteiger partial charge in [0.15, 0.2) is 0 Å². The number of nitrogen functional groups attached to an aromatic ring is 1. The van der Waals surface area contributed by atoms with E-state index in [9.17, 15) is 9.59 Å². The van der Waals surface area contributed by atoms with Crippen LogP contribution in [0.25, 0.3) is 0 Å². The molecule has 0 aliphatic rings. The van der Waals surface area contributed by atoms with Gasteiger partial charge in [-0.25, -0.2) is 0 Å². The number of nitrogens with two attached hydrogens (primary N) is 1. The fourth-order valence-electron chi connectivity index (χ4n) is 1.91. The number of nitrogens with zero attached hydrogens (tertiary/aromatic N) is 1. The van der Waals surface area contributed by atoms with Crippen LogP contribution in [-0.2, 0) is 4.79 Å². The number of hydrogen-bond acceptors (Lipinski definition) is 3. The summed E-state index contributed by atoms with van der Waals surface area (Å²) in [6, 6.07) is 6.76. The van der Waals surface area contributed by atoms with Crippen molar-refractivity contribution < 1.29 is 9.59 Å². The van der Waals surface area contributed by atoms with Gasteiger partial charge in [0, 0.05) is 37.3 Å². The van der Waals surface area contributed by atoms with Crippen molar-refractivity contribution in [2.45, 2.75) is 26.7 Å². The molecule has 0 fully saturated rings. The molecule has 0 atom stereocenters. The number of halogens is 1. The molecule has 2 amide bonds. The summed E-state index contributed by atoms with van der Waals surface area (Å²) in [5.74, 6) is -0.00276. The zero-order valence-electron chi connectivity index (χ0n) is 12.6. The van der Waals surface area contributed by atoms with Gasteiger partial charge in [-0.05, 0) is 44.5 Å². The van der Waals surface area contributed by atoms with Gasteiger partial charge in [-0.15, -0.1) is 12.4 Å². The molecule has 0 heterocycles. The van der Waals surface area contributed by atoms with Crippen molar-refractivity contribution in [3.8, 4) is 0 Å². The van der Waals surface area contributed by atoms with Gasteiger partial charge < -0.3 is 16.0 Å². The van der Waals surface area contributed by atoms with Crippen LogP contribution in [0.4, 0.5) is 5.69 Å². The highest BCUT2D eigenvalue weighted by atomic mass is 35.5. The van der Waals surface area contributed by atoms with Crippen LogP contribution in [0.3, 0.4) is 0 Å². The van der Waals surface area contributed by atoms with Crippen LogP contribution in [0.15, 0.2) is 24.3 Å². The fourth-order valence-corrected chi connectivity index (χ4v) is 1.91. The van der Waals surface area contributed by atoms with E-state index in [0.717, 1.165) is 13.1 Å². The van der Waals surface area contributed by atoms with Gasteiger partial charge in [0.25, 0.3) is 5.91 Å². The van der Waals surface area contributed by atoms with Gasteiger partial charge in [0.1, 0.15) is 0 Å². The molecule has 1 rings (SSSR count). The van der Waals surface area contributed by atoms with Gasteiger partial charge >= 0.3 is 0 Å². The summed E-state index contributed by atoms with van der Waals surface area (Å²) in [6.07, 6.45) is 1.11. The van der Waals surface area contributed by atoms with Crippen LogP contribution < -0.4 is 11.1 Å². The third-order valence-electron chi connectivity index (χ3n) is 3.14. The van der Waals surface area contributed by atoms with Gasteiger partial charge in [-0.1, -0.05) is 0 Å². The topological polar surface area (TPSA) is 75.4 Å². The van der Waals surface area contributed by atoms with E-state index >= 15 is 0 Å². The van der Waals surface area contributed by atoms with Crippen molar-refractivity contribution >= 4 is 29.9 Å². The highest BCUT2D eigenvalue weighted by Crippen LogP contribution is 2.05. The van der Waals surface area contributed by atoms with Crippen LogP contribution in [0.5, 0.6) is 0 Å². The molecule has 1 aromatic carbocycles. The average molecular weight is 314 g/mol. The molecule has 3 N–H and O–H groups in total. The number of hydrogen-bond donors (Lipinski definition) is 2. The minimum absolute atomic E-state index is 0. The van der Waals surface area contributed by atoms with Crippen LogP contribution >= 0.6 is 12.4 Å². The van der Waals surface area contributed by atoms with E-state index in [4.69, 9.17) is 5.73 Å². The molecule has 0 aromatic heterocycles. The van der Waals surface area contributed by atoms with Gasteiger partial charge in [-0.2, -0.15) is 0 Å². The first-order valence-electron chi connectivity index (χ1n) is 7.00. The third kappa shape index (κ3) is 6.49. The SMILES string of the molecule is CCN(CC)C(=O)CCCNC(=O)c1ccc(N)cc1.Cl. The Balaban J connectivity index is 0.00000400. The Morgan fingerprint density at radius 1 is 1.14 bits per heavy atom. The van der Waals surface area contributed by atoms with Crippen LogP contribution in [0.1, 0.15) is 37.0 Å². The molecule has 5 nitrogen and oxygen atoms in total. The van der Waals surface area contributed by atoms with Gasteiger partial charge in [0.05, 0.1) is 0 Å². The van der Waals surface area contributed by atoms with Crippen LogP contribution in [-0.4, -0.2) is 36.3 Å². The molecule has 0 radical (unpaired) electrons. The molecule has 0 saturated heterocycles. The Morgan fingerprint density at radius 2 is 1.71 bits per heavy atom. The lowest BCUT2D eigenvalue weighted by Gasteiger charge is -2.18. The van der Waals surface area contributed by atoms with Crippen molar-refractivity contribution in [2.75, 3.05) is 25.4 Å². The third-order valence-corrected chi connectivity index (χ3v) is 3.14. The maximum absolute atomic E-state index is 11.8. The van der Waals surface area contributed by atoms with E-state index in [1.54, 1.807) is 29.2 Å². The highest BCUT2D eigenvalue weighted by Gasteiger charge is 2.09. The molecule has 1 aromatic rings. The molecule has 6 heteroatoms. The second-order valence-electron chi connectivity index (χ2n) is 4.55. The average Bonchev–Trinajstić information content (AvgIpc) is 2.45. The zero-order chi connectivity index (χ0) is 15.0. The second kappa shape index (κ2) is 10.0. The quantitative estimate of drug-likeness (QED) is 0.597. The number of carbonyl (C=O) groups is 2. The zero-order valence-corrected chi connectivity index (χ0v) is 13.4. The lowest BCUT2D eigenvalue weighted by atomic mass is 10.2.